The summed E-state index contributed by atoms with van der Waals surface area (Å²) in [6.45, 7) is 0.107. The summed E-state index contributed by atoms with van der Waals surface area (Å²) >= 11 is 0. The molecule has 0 heterocycles. The predicted molar refractivity (Wildman–Crippen MR) is 65.7 cm³/mol. The van der Waals surface area contributed by atoms with E-state index in [2.05, 4.69) is 5.32 Å². The Morgan fingerprint density at radius 2 is 1.88 bits per heavy atom. The van der Waals surface area contributed by atoms with Gasteiger partial charge in [0.15, 0.2) is 5.78 Å². The fourth-order valence-corrected chi connectivity index (χ4v) is 1.94. The Morgan fingerprint density at radius 3 is 2.47 bits per heavy atom. The number of carbonyl (C=O) groups is 2. The highest BCUT2D eigenvalue weighted by atomic mass is 16.2. The van der Waals surface area contributed by atoms with Crippen molar-refractivity contribution in [2.24, 2.45) is 5.92 Å². The Kier molecular flexibility index (Phi) is 3.91. The molecule has 17 heavy (non-hydrogen) atoms. The zero-order valence-electron chi connectivity index (χ0n) is 9.82. The minimum Gasteiger partial charge on any atom is -0.349 e. The Labute approximate surface area is 101 Å². The summed E-state index contributed by atoms with van der Waals surface area (Å²) in [6.07, 6.45) is 4.11. The molecule has 1 aromatic rings. The van der Waals surface area contributed by atoms with E-state index in [1.165, 1.54) is 6.42 Å². The largest absolute Gasteiger partial charge is 0.349 e. The number of ketones is 1. The Balaban J connectivity index is 1.74. The van der Waals surface area contributed by atoms with E-state index in [1.54, 1.807) is 12.1 Å². The lowest BCUT2D eigenvalue weighted by Gasteiger charge is -2.24. The van der Waals surface area contributed by atoms with Crippen molar-refractivity contribution in [1.82, 2.24) is 5.32 Å². The molecule has 1 fully saturated rings. The van der Waals surface area contributed by atoms with Crippen LogP contribution < -0.4 is 5.32 Å². The van der Waals surface area contributed by atoms with Crippen LogP contribution in [0.5, 0.6) is 0 Å². The van der Waals surface area contributed by atoms with E-state index in [9.17, 15) is 9.59 Å². The SMILES string of the molecule is O=C(CC1CCC1)NCC(=O)c1ccccc1. The molecule has 0 radical (unpaired) electrons. The first-order chi connectivity index (χ1) is 8.25. The first-order valence-corrected chi connectivity index (χ1v) is 6.10. The third-order valence-electron chi connectivity index (χ3n) is 3.24. The maximum atomic E-state index is 11.7. The molecule has 0 bridgehead atoms. The highest BCUT2D eigenvalue weighted by molar-refractivity contribution is 5.99. The fourth-order valence-electron chi connectivity index (χ4n) is 1.94. The van der Waals surface area contributed by atoms with Crippen molar-refractivity contribution in [3.63, 3.8) is 0 Å². The van der Waals surface area contributed by atoms with E-state index >= 15 is 0 Å². The molecule has 1 aliphatic rings. The van der Waals surface area contributed by atoms with Gasteiger partial charge in [-0.2, -0.15) is 0 Å². The lowest BCUT2D eigenvalue weighted by molar-refractivity contribution is -0.122. The first-order valence-electron chi connectivity index (χ1n) is 6.10. The number of benzene rings is 1. The number of rotatable bonds is 5. The van der Waals surface area contributed by atoms with Crippen LogP contribution in [0.2, 0.25) is 0 Å². The number of Topliss-reactive ketones (excluding diaryl/α,β-unsaturated/α-hetero) is 1. The second kappa shape index (κ2) is 5.62. The van der Waals surface area contributed by atoms with Crippen molar-refractivity contribution in [2.45, 2.75) is 25.7 Å². The van der Waals surface area contributed by atoms with Crippen LogP contribution in [0, 0.1) is 5.92 Å². The van der Waals surface area contributed by atoms with Crippen LogP contribution in [-0.4, -0.2) is 18.2 Å². The van der Waals surface area contributed by atoms with Crippen molar-refractivity contribution in [2.75, 3.05) is 6.54 Å². The lowest BCUT2D eigenvalue weighted by atomic mass is 9.83. The summed E-state index contributed by atoms with van der Waals surface area (Å²) < 4.78 is 0. The molecule has 0 saturated heterocycles. The normalized spacial score (nSPS) is 15.1. The Morgan fingerprint density at radius 1 is 1.18 bits per heavy atom. The quantitative estimate of drug-likeness (QED) is 0.789. The van der Waals surface area contributed by atoms with Gasteiger partial charge in [-0.3, -0.25) is 9.59 Å². The highest BCUT2D eigenvalue weighted by Crippen LogP contribution is 2.28. The zero-order chi connectivity index (χ0) is 12.1. The summed E-state index contributed by atoms with van der Waals surface area (Å²) in [5.74, 6) is 0.508. The van der Waals surface area contributed by atoms with Crippen molar-refractivity contribution in [1.29, 1.82) is 0 Å². The van der Waals surface area contributed by atoms with E-state index in [1.807, 2.05) is 18.2 Å². The molecule has 0 atom stereocenters. The van der Waals surface area contributed by atoms with Gasteiger partial charge in [-0.1, -0.05) is 36.8 Å². The van der Waals surface area contributed by atoms with E-state index in [-0.39, 0.29) is 18.2 Å². The van der Waals surface area contributed by atoms with Gasteiger partial charge in [0, 0.05) is 12.0 Å². The predicted octanol–water partition coefficient (Wildman–Crippen LogP) is 2.18. The van der Waals surface area contributed by atoms with Crippen molar-refractivity contribution in [3.8, 4) is 0 Å². The summed E-state index contributed by atoms with van der Waals surface area (Å²) in [5, 5.41) is 2.69. The van der Waals surface area contributed by atoms with Gasteiger partial charge in [0.2, 0.25) is 5.91 Å². The molecule has 1 saturated carbocycles. The van der Waals surface area contributed by atoms with Crippen molar-refractivity contribution in [3.05, 3.63) is 35.9 Å². The standard InChI is InChI=1S/C14H17NO2/c16-13(12-7-2-1-3-8-12)10-15-14(17)9-11-5-4-6-11/h1-3,7-8,11H,4-6,9-10H2,(H,15,17). The molecule has 0 unspecified atom stereocenters. The summed E-state index contributed by atoms with van der Waals surface area (Å²) in [4.78, 5) is 23.2. The van der Waals surface area contributed by atoms with Crippen LogP contribution in [0.1, 0.15) is 36.0 Å². The van der Waals surface area contributed by atoms with Crippen LogP contribution in [0.25, 0.3) is 0 Å². The van der Waals surface area contributed by atoms with Crippen molar-refractivity contribution >= 4 is 11.7 Å². The molecule has 0 spiro atoms. The minimum absolute atomic E-state index is 0.000943. The third kappa shape index (κ3) is 3.41. The van der Waals surface area contributed by atoms with Gasteiger partial charge in [0.25, 0.3) is 0 Å². The molecule has 1 aliphatic carbocycles. The van der Waals surface area contributed by atoms with Gasteiger partial charge < -0.3 is 5.32 Å². The number of carbonyl (C=O) groups excluding carboxylic acids is 2. The Bertz CT molecular complexity index is 396. The molecule has 90 valence electrons. The van der Waals surface area contributed by atoms with E-state index < -0.39 is 0 Å². The van der Waals surface area contributed by atoms with Crippen LogP contribution in [0.4, 0.5) is 0 Å². The summed E-state index contributed by atoms with van der Waals surface area (Å²) in [5.41, 5.74) is 0.649. The minimum atomic E-state index is -0.0347. The third-order valence-corrected chi connectivity index (χ3v) is 3.24. The lowest BCUT2D eigenvalue weighted by Crippen LogP contribution is -2.32. The molecular formula is C14H17NO2. The number of amides is 1. The Hall–Kier alpha value is -1.64. The molecule has 0 aliphatic heterocycles. The average molecular weight is 231 g/mol. The van der Waals surface area contributed by atoms with E-state index in [0.717, 1.165) is 12.8 Å². The zero-order valence-corrected chi connectivity index (χ0v) is 9.82. The van der Waals surface area contributed by atoms with Crippen LogP contribution in [-0.2, 0) is 4.79 Å². The van der Waals surface area contributed by atoms with Crippen molar-refractivity contribution < 1.29 is 9.59 Å². The molecule has 2 rings (SSSR count). The highest BCUT2D eigenvalue weighted by Gasteiger charge is 2.20. The van der Waals surface area contributed by atoms with E-state index in [0.29, 0.717) is 17.9 Å². The molecule has 1 aromatic carbocycles. The smallest absolute Gasteiger partial charge is 0.220 e. The topological polar surface area (TPSA) is 46.2 Å². The molecule has 3 nitrogen and oxygen atoms in total. The number of hydrogen-bond acceptors (Lipinski definition) is 2. The molecule has 0 aromatic heterocycles. The number of hydrogen-bond donors (Lipinski definition) is 1. The molecule has 1 N–H and O–H groups in total. The van der Waals surface area contributed by atoms with Crippen LogP contribution in [0.3, 0.4) is 0 Å². The van der Waals surface area contributed by atoms with Gasteiger partial charge in [-0.15, -0.1) is 0 Å². The second-order valence-corrected chi connectivity index (χ2v) is 4.57. The number of nitrogens with one attached hydrogen (secondary N) is 1. The van der Waals surface area contributed by atoms with E-state index in [4.69, 9.17) is 0 Å². The van der Waals surface area contributed by atoms with Gasteiger partial charge >= 0.3 is 0 Å². The molecular weight excluding hydrogens is 214 g/mol. The van der Waals surface area contributed by atoms with Crippen LogP contribution >= 0.6 is 0 Å². The molecule has 3 heteroatoms. The summed E-state index contributed by atoms with van der Waals surface area (Å²) in [6, 6.07) is 9.04. The van der Waals surface area contributed by atoms with Gasteiger partial charge in [0.05, 0.1) is 6.54 Å². The maximum absolute atomic E-state index is 11.7. The fraction of sp³-hybridized carbons (Fsp3) is 0.429. The second-order valence-electron chi connectivity index (χ2n) is 4.57. The maximum Gasteiger partial charge on any atom is 0.220 e. The average Bonchev–Trinajstić information content (AvgIpc) is 2.32. The van der Waals surface area contributed by atoms with Gasteiger partial charge in [-0.25, -0.2) is 0 Å². The van der Waals surface area contributed by atoms with Gasteiger partial charge in [0.1, 0.15) is 0 Å². The first kappa shape index (κ1) is 11.8. The summed E-state index contributed by atoms with van der Waals surface area (Å²) in [7, 11) is 0. The van der Waals surface area contributed by atoms with Gasteiger partial charge in [-0.05, 0) is 18.8 Å². The monoisotopic (exact) mass is 231 g/mol. The molecule has 1 amide bonds. The van der Waals surface area contributed by atoms with Crippen LogP contribution in [0.15, 0.2) is 30.3 Å².